The Balaban J connectivity index is 1.46. The van der Waals surface area contributed by atoms with Gasteiger partial charge >= 0.3 is 0 Å². The van der Waals surface area contributed by atoms with Crippen molar-refractivity contribution in [2.24, 2.45) is 5.73 Å². The Morgan fingerprint density at radius 3 is 2.53 bits per heavy atom. The van der Waals surface area contributed by atoms with E-state index in [1.165, 1.54) is 0 Å². The number of nitrogens with two attached hydrogens (primary N) is 1. The molecule has 0 bridgehead atoms. The third-order valence-corrected chi connectivity index (χ3v) is 6.30. The molecule has 0 saturated carbocycles. The lowest BCUT2D eigenvalue weighted by molar-refractivity contribution is 0.105. The van der Waals surface area contributed by atoms with E-state index in [0.717, 1.165) is 27.6 Å². The van der Waals surface area contributed by atoms with Crippen molar-refractivity contribution in [3.8, 4) is 34.0 Å². The molecule has 0 fully saturated rings. The van der Waals surface area contributed by atoms with Gasteiger partial charge in [-0.05, 0) is 58.8 Å². The summed E-state index contributed by atoms with van der Waals surface area (Å²) in [6.45, 7) is -0.893. The first-order valence-electron chi connectivity index (χ1n) is 9.72. The van der Waals surface area contributed by atoms with Crippen LogP contribution in [0.25, 0.3) is 44.9 Å². The number of aromatic nitrogens is 2. The normalized spacial score (nSPS) is 12.0. The third kappa shape index (κ3) is 3.62. The van der Waals surface area contributed by atoms with Crippen molar-refractivity contribution in [1.29, 1.82) is 0 Å². The van der Waals surface area contributed by atoms with Gasteiger partial charge in [0.05, 0.1) is 13.2 Å². The Morgan fingerprint density at radius 2 is 1.81 bits per heavy atom. The average Bonchev–Trinajstić information content (AvgIpc) is 3.58. The zero-order valence-electron chi connectivity index (χ0n) is 16.7. The standard InChI is InChI=1S/C23H18ClN3O4S/c24-18-8-14(1-3-17(18)15-5-6-32-10-15)22-26-21(27-31-22)13-2-4-19-16(7-13)9-20(30-19)23(25,11-28)12-29/h1-10,28-29H,11-12,25H2. The summed E-state index contributed by atoms with van der Waals surface area (Å²) in [5, 5.41) is 28.5. The molecule has 0 amide bonds. The van der Waals surface area contributed by atoms with Gasteiger partial charge in [-0.1, -0.05) is 22.8 Å². The number of aliphatic hydroxyl groups excluding tert-OH is 2. The molecule has 2 aromatic carbocycles. The summed E-state index contributed by atoms with van der Waals surface area (Å²) in [6, 6.07) is 14.7. The second-order valence-corrected chi connectivity index (χ2v) is 8.65. The molecule has 0 unspecified atom stereocenters. The zero-order valence-corrected chi connectivity index (χ0v) is 18.2. The van der Waals surface area contributed by atoms with Gasteiger partial charge in [0.25, 0.3) is 5.89 Å². The van der Waals surface area contributed by atoms with Gasteiger partial charge in [-0.25, -0.2) is 0 Å². The monoisotopic (exact) mass is 467 g/mol. The highest BCUT2D eigenvalue weighted by Gasteiger charge is 2.30. The molecule has 0 aliphatic rings. The van der Waals surface area contributed by atoms with Crippen LogP contribution in [0.1, 0.15) is 5.76 Å². The van der Waals surface area contributed by atoms with Crippen LogP contribution in [0, 0.1) is 0 Å². The van der Waals surface area contributed by atoms with Gasteiger partial charge in [-0.3, -0.25) is 0 Å². The SMILES string of the molecule is NC(CO)(CO)c1cc2cc(-c3noc(-c4ccc(-c5ccsc5)c(Cl)c4)n3)ccc2o1. The van der Waals surface area contributed by atoms with Gasteiger partial charge < -0.3 is 24.9 Å². The number of benzene rings is 2. The van der Waals surface area contributed by atoms with Crippen LogP contribution in [0.3, 0.4) is 0 Å². The molecule has 32 heavy (non-hydrogen) atoms. The van der Waals surface area contributed by atoms with Crippen LogP contribution in [0.4, 0.5) is 0 Å². The van der Waals surface area contributed by atoms with Gasteiger partial charge in [0.2, 0.25) is 5.82 Å². The van der Waals surface area contributed by atoms with Crippen LogP contribution in [0.5, 0.6) is 0 Å². The highest BCUT2D eigenvalue weighted by Crippen LogP contribution is 2.34. The molecule has 0 saturated heterocycles. The van der Waals surface area contributed by atoms with E-state index >= 15 is 0 Å². The van der Waals surface area contributed by atoms with Crippen molar-refractivity contribution in [1.82, 2.24) is 10.1 Å². The number of hydrogen-bond donors (Lipinski definition) is 3. The summed E-state index contributed by atoms with van der Waals surface area (Å²) in [4.78, 5) is 4.51. The van der Waals surface area contributed by atoms with Crippen molar-refractivity contribution >= 4 is 33.9 Å². The van der Waals surface area contributed by atoms with Gasteiger partial charge in [-0.2, -0.15) is 16.3 Å². The topological polar surface area (TPSA) is 119 Å². The fourth-order valence-corrected chi connectivity index (χ4v) is 4.34. The minimum atomic E-state index is -1.35. The molecule has 3 heterocycles. The maximum Gasteiger partial charge on any atom is 0.258 e. The fourth-order valence-electron chi connectivity index (χ4n) is 3.39. The van der Waals surface area contributed by atoms with Crippen LogP contribution in [0.15, 0.2) is 68.2 Å². The van der Waals surface area contributed by atoms with Crippen molar-refractivity contribution < 1.29 is 19.2 Å². The Kier molecular flexibility index (Phi) is 5.32. The first-order valence-corrected chi connectivity index (χ1v) is 11.0. The predicted molar refractivity (Wildman–Crippen MR) is 123 cm³/mol. The highest BCUT2D eigenvalue weighted by atomic mass is 35.5. The van der Waals surface area contributed by atoms with E-state index in [0.29, 0.717) is 28.1 Å². The number of hydrogen-bond acceptors (Lipinski definition) is 8. The first kappa shape index (κ1) is 20.9. The summed E-state index contributed by atoms with van der Waals surface area (Å²) < 4.78 is 11.2. The molecule has 0 spiro atoms. The van der Waals surface area contributed by atoms with Crippen LogP contribution in [-0.2, 0) is 5.54 Å². The molecule has 9 heteroatoms. The molecular weight excluding hydrogens is 450 g/mol. The van der Waals surface area contributed by atoms with E-state index in [2.05, 4.69) is 10.1 Å². The molecule has 0 aliphatic carbocycles. The summed E-state index contributed by atoms with van der Waals surface area (Å²) in [5.74, 6) is 1.06. The zero-order chi connectivity index (χ0) is 22.3. The van der Waals surface area contributed by atoms with Gasteiger partial charge in [0.1, 0.15) is 16.9 Å². The third-order valence-electron chi connectivity index (χ3n) is 5.30. The number of rotatable bonds is 6. The summed E-state index contributed by atoms with van der Waals surface area (Å²) in [5.41, 5.74) is 8.67. The van der Waals surface area contributed by atoms with Crippen LogP contribution in [0.2, 0.25) is 5.02 Å². The minimum Gasteiger partial charge on any atom is -0.459 e. The van der Waals surface area contributed by atoms with E-state index in [1.807, 2.05) is 41.1 Å². The molecule has 5 rings (SSSR count). The lowest BCUT2D eigenvalue weighted by atomic mass is 10.00. The van der Waals surface area contributed by atoms with Gasteiger partial charge in [0, 0.05) is 27.1 Å². The average molecular weight is 468 g/mol. The maximum atomic E-state index is 9.51. The number of fused-ring (bicyclic) bond motifs is 1. The molecule has 162 valence electrons. The van der Waals surface area contributed by atoms with E-state index in [-0.39, 0.29) is 0 Å². The molecule has 4 N–H and O–H groups in total. The molecule has 0 radical (unpaired) electrons. The van der Waals surface area contributed by atoms with E-state index in [1.54, 1.807) is 29.5 Å². The Hall–Kier alpha value is -3.01. The Morgan fingerprint density at radius 1 is 1.00 bits per heavy atom. The first-order chi connectivity index (χ1) is 15.5. The largest absolute Gasteiger partial charge is 0.459 e. The number of furan rings is 1. The number of thiophene rings is 1. The quantitative estimate of drug-likeness (QED) is 0.332. The van der Waals surface area contributed by atoms with Crippen LogP contribution < -0.4 is 5.73 Å². The van der Waals surface area contributed by atoms with E-state index < -0.39 is 18.8 Å². The molecular formula is C23H18ClN3O4S. The fraction of sp³-hybridized carbons (Fsp3) is 0.130. The van der Waals surface area contributed by atoms with Crippen molar-refractivity contribution in [3.05, 3.63) is 70.1 Å². The van der Waals surface area contributed by atoms with Crippen LogP contribution >= 0.6 is 22.9 Å². The molecule has 0 aliphatic heterocycles. The number of aliphatic hydroxyl groups is 2. The van der Waals surface area contributed by atoms with Gasteiger partial charge in [0.15, 0.2) is 0 Å². The lowest BCUT2D eigenvalue weighted by Gasteiger charge is -2.21. The minimum absolute atomic E-state index is 0.295. The maximum absolute atomic E-state index is 9.51. The molecule has 5 aromatic rings. The van der Waals surface area contributed by atoms with Crippen molar-refractivity contribution in [3.63, 3.8) is 0 Å². The number of halogens is 1. The highest BCUT2D eigenvalue weighted by molar-refractivity contribution is 7.08. The van der Waals surface area contributed by atoms with Crippen LogP contribution in [-0.4, -0.2) is 33.6 Å². The van der Waals surface area contributed by atoms with Gasteiger partial charge in [-0.15, -0.1) is 0 Å². The Bertz CT molecular complexity index is 1390. The second kappa shape index (κ2) is 8.16. The summed E-state index contributed by atoms with van der Waals surface area (Å²) in [6.07, 6.45) is 0. The smallest absolute Gasteiger partial charge is 0.258 e. The summed E-state index contributed by atoms with van der Waals surface area (Å²) in [7, 11) is 0. The van der Waals surface area contributed by atoms with Crippen molar-refractivity contribution in [2.45, 2.75) is 5.54 Å². The molecule has 7 nitrogen and oxygen atoms in total. The van der Waals surface area contributed by atoms with E-state index in [4.69, 9.17) is 26.3 Å². The Labute approximate surface area is 191 Å². The number of nitrogens with zero attached hydrogens (tertiary/aromatic N) is 2. The molecule has 3 aromatic heterocycles. The van der Waals surface area contributed by atoms with Crippen molar-refractivity contribution in [2.75, 3.05) is 13.2 Å². The summed E-state index contributed by atoms with van der Waals surface area (Å²) >= 11 is 8.09. The molecule has 0 atom stereocenters. The van der Waals surface area contributed by atoms with E-state index in [9.17, 15) is 10.2 Å². The lowest BCUT2D eigenvalue weighted by Crippen LogP contribution is -2.43. The second-order valence-electron chi connectivity index (χ2n) is 7.47. The predicted octanol–water partition coefficient (Wildman–Crippen LogP) is 4.67.